The van der Waals surface area contributed by atoms with Gasteiger partial charge in [-0.15, -0.1) is 0 Å². The Balaban J connectivity index is 1.43. The smallest absolute Gasteiger partial charge is 0.303 e. The number of thiocarbonyl (C=S) groups is 1. The van der Waals surface area contributed by atoms with E-state index in [0.29, 0.717) is 33.0 Å². The highest BCUT2D eigenvalue weighted by atomic mass is 32.2. The predicted molar refractivity (Wildman–Crippen MR) is 171 cm³/mol. The zero-order valence-corrected chi connectivity index (χ0v) is 25.7. The van der Waals surface area contributed by atoms with Gasteiger partial charge in [-0.2, -0.15) is 5.10 Å². The number of thioether (sulfide) groups is 1. The normalized spacial score (nSPS) is 14.1. The largest absolute Gasteiger partial charge is 0.493 e. The lowest BCUT2D eigenvalue weighted by Crippen LogP contribution is -2.29. The van der Waals surface area contributed by atoms with Crippen LogP contribution in [0.3, 0.4) is 0 Å². The van der Waals surface area contributed by atoms with Crippen LogP contribution in [-0.2, 0) is 9.59 Å². The van der Waals surface area contributed by atoms with Crippen molar-refractivity contribution in [3.63, 3.8) is 0 Å². The number of hydrogen-bond acceptors (Lipinski definition) is 7. The van der Waals surface area contributed by atoms with Crippen molar-refractivity contribution in [2.24, 2.45) is 0 Å². The number of amides is 1. The lowest BCUT2D eigenvalue weighted by Gasteiger charge is -2.14. The molecule has 2 aromatic carbocycles. The Kier molecular flexibility index (Phi) is 11.6. The maximum atomic E-state index is 13.4. The van der Waals surface area contributed by atoms with E-state index in [4.69, 9.17) is 31.9 Å². The summed E-state index contributed by atoms with van der Waals surface area (Å²) in [5.41, 5.74) is 3.26. The van der Waals surface area contributed by atoms with Crippen LogP contribution in [0.4, 0.5) is 0 Å². The number of hydrogen-bond donors (Lipinski definition) is 1. The van der Waals surface area contributed by atoms with Gasteiger partial charge in [0.1, 0.15) is 10.0 Å². The van der Waals surface area contributed by atoms with Gasteiger partial charge in [0.15, 0.2) is 11.5 Å². The van der Waals surface area contributed by atoms with Crippen LogP contribution >= 0.6 is 24.0 Å². The molecule has 1 aromatic heterocycles. The molecule has 0 spiro atoms. The van der Waals surface area contributed by atoms with Gasteiger partial charge in [-0.1, -0.05) is 80.7 Å². The molecule has 0 saturated carbocycles. The molecule has 1 saturated heterocycles. The summed E-state index contributed by atoms with van der Waals surface area (Å²) >= 11 is 6.92. The third-order valence-corrected chi connectivity index (χ3v) is 8.48. The zero-order valence-electron chi connectivity index (χ0n) is 24.1. The monoisotopic (exact) mass is 607 g/mol. The number of methoxy groups -OCH3 is 2. The molecule has 4 rings (SSSR count). The lowest BCUT2D eigenvalue weighted by molar-refractivity contribution is -0.137. The first-order valence-electron chi connectivity index (χ1n) is 14.3. The van der Waals surface area contributed by atoms with Crippen molar-refractivity contribution in [1.29, 1.82) is 0 Å². The molecule has 42 heavy (non-hydrogen) atoms. The molecule has 1 N–H and O–H groups in total. The molecule has 222 valence electrons. The quantitative estimate of drug-likeness (QED) is 0.103. The highest BCUT2D eigenvalue weighted by molar-refractivity contribution is 8.26. The van der Waals surface area contributed by atoms with E-state index in [0.717, 1.165) is 68.2 Å². The molecule has 0 atom stereocenters. The van der Waals surface area contributed by atoms with Gasteiger partial charge in [-0.25, -0.2) is 4.68 Å². The van der Waals surface area contributed by atoms with Gasteiger partial charge in [0.25, 0.3) is 5.91 Å². The van der Waals surface area contributed by atoms with Gasteiger partial charge >= 0.3 is 5.97 Å². The van der Waals surface area contributed by atoms with Gasteiger partial charge in [0, 0.05) is 30.3 Å². The minimum atomic E-state index is -0.721. The number of ether oxygens (including phenoxy) is 2. The number of nitrogens with zero attached hydrogens (tertiary/aromatic N) is 3. The van der Waals surface area contributed by atoms with E-state index < -0.39 is 5.97 Å². The van der Waals surface area contributed by atoms with Crippen LogP contribution in [0.15, 0.2) is 59.6 Å². The molecule has 3 aromatic rings. The summed E-state index contributed by atoms with van der Waals surface area (Å²) in [4.78, 5) is 26.3. The minimum Gasteiger partial charge on any atom is -0.493 e. The van der Waals surface area contributed by atoms with E-state index >= 15 is 0 Å². The van der Waals surface area contributed by atoms with Crippen molar-refractivity contribution < 1.29 is 24.2 Å². The Morgan fingerprint density at radius 2 is 1.62 bits per heavy atom. The van der Waals surface area contributed by atoms with Crippen LogP contribution in [0.25, 0.3) is 23.0 Å². The third-order valence-electron chi connectivity index (χ3n) is 7.10. The highest BCUT2D eigenvalue weighted by Crippen LogP contribution is 2.37. The number of carboxylic acids is 1. The molecule has 1 fully saturated rings. The van der Waals surface area contributed by atoms with E-state index in [-0.39, 0.29) is 12.3 Å². The average Bonchev–Trinajstić information content (AvgIpc) is 3.54. The second-order valence-electron chi connectivity index (χ2n) is 10.1. The van der Waals surface area contributed by atoms with E-state index in [2.05, 4.69) is 0 Å². The number of para-hydroxylation sites is 1. The fourth-order valence-corrected chi connectivity index (χ4v) is 6.15. The van der Waals surface area contributed by atoms with Gasteiger partial charge in [-0.05, 0) is 49.2 Å². The SMILES string of the molecule is COc1ccc(-c2nn(-c3ccccc3)cc2/C=C2\SC(=S)N(CCCCCCCCCCC(=O)O)C2=O)cc1OC. The topological polar surface area (TPSA) is 93.9 Å². The molecule has 1 amide bonds. The summed E-state index contributed by atoms with van der Waals surface area (Å²) in [6.07, 6.45) is 12.1. The number of carbonyl (C=O) groups is 2. The van der Waals surface area contributed by atoms with Gasteiger partial charge < -0.3 is 14.6 Å². The van der Waals surface area contributed by atoms with Gasteiger partial charge in [0.05, 0.1) is 24.8 Å². The van der Waals surface area contributed by atoms with E-state index in [1.807, 2.05) is 65.5 Å². The predicted octanol–water partition coefficient (Wildman–Crippen LogP) is 7.35. The molecule has 0 unspecified atom stereocenters. The summed E-state index contributed by atoms with van der Waals surface area (Å²) in [5, 5.41) is 13.6. The average molecular weight is 608 g/mol. The Hall–Kier alpha value is -3.63. The molecular weight excluding hydrogens is 571 g/mol. The van der Waals surface area contributed by atoms with Crippen molar-refractivity contribution in [3.05, 3.63) is 65.2 Å². The summed E-state index contributed by atoms with van der Waals surface area (Å²) in [5.74, 6) is 0.428. The number of carboxylic acid groups (broad SMARTS) is 1. The van der Waals surface area contributed by atoms with Crippen LogP contribution in [-0.4, -0.2) is 56.7 Å². The maximum absolute atomic E-state index is 13.4. The first kappa shape index (κ1) is 31.3. The van der Waals surface area contributed by atoms with Crippen molar-refractivity contribution in [2.45, 2.75) is 57.8 Å². The number of carbonyl (C=O) groups excluding carboxylic acids is 1. The highest BCUT2D eigenvalue weighted by Gasteiger charge is 2.32. The van der Waals surface area contributed by atoms with E-state index in [1.54, 1.807) is 19.1 Å². The Bertz CT molecular complexity index is 1420. The Labute approximate surface area is 256 Å². The first-order valence-corrected chi connectivity index (χ1v) is 15.5. The summed E-state index contributed by atoms with van der Waals surface area (Å²) in [7, 11) is 3.20. The fourth-order valence-electron chi connectivity index (χ4n) is 4.85. The molecule has 1 aliphatic heterocycles. The molecule has 1 aliphatic rings. The van der Waals surface area contributed by atoms with E-state index in [9.17, 15) is 9.59 Å². The molecule has 0 bridgehead atoms. The molecule has 8 nitrogen and oxygen atoms in total. The number of rotatable bonds is 16. The summed E-state index contributed by atoms with van der Waals surface area (Å²) in [6, 6.07) is 15.5. The third kappa shape index (κ3) is 8.23. The first-order chi connectivity index (χ1) is 20.4. The second-order valence-corrected chi connectivity index (χ2v) is 11.8. The fraction of sp³-hybridized carbons (Fsp3) is 0.375. The molecule has 2 heterocycles. The van der Waals surface area contributed by atoms with Gasteiger partial charge in [-0.3, -0.25) is 14.5 Å². The number of benzene rings is 2. The number of unbranched alkanes of at least 4 members (excludes halogenated alkanes) is 7. The zero-order chi connectivity index (χ0) is 29.9. The molecule has 0 aliphatic carbocycles. The van der Waals surface area contributed by atoms with Crippen LogP contribution in [0.1, 0.15) is 63.4 Å². The van der Waals surface area contributed by atoms with Crippen molar-refractivity contribution in [1.82, 2.24) is 14.7 Å². The Morgan fingerprint density at radius 3 is 2.29 bits per heavy atom. The lowest BCUT2D eigenvalue weighted by atomic mass is 10.1. The summed E-state index contributed by atoms with van der Waals surface area (Å²) in [6.45, 7) is 0.604. The molecular formula is C32H37N3O5S2. The second kappa shape index (κ2) is 15.6. The van der Waals surface area contributed by atoms with Crippen LogP contribution in [0.5, 0.6) is 11.5 Å². The maximum Gasteiger partial charge on any atom is 0.303 e. The standard InChI is InChI=1S/C32H37N3O5S2/c1-39-26-18-17-23(20-27(26)40-2)30-24(22-35(33-30)25-14-10-9-11-15-25)21-28-31(38)34(32(41)42-28)19-13-8-6-4-3-5-7-12-16-29(36)37/h9-11,14-15,17-18,20-22H,3-8,12-13,16,19H2,1-2H3,(H,36,37)/b28-21-. The van der Waals surface area contributed by atoms with Crippen LogP contribution < -0.4 is 9.47 Å². The van der Waals surface area contributed by atoms with Crippen molar-refractivity contribution >= 4 is 46.3 Å². The van der Waals surface area contributed by atoms with Crippen molar-refractivity contribution in [3.8, 4) is 28.4 Å². The Morgan fingerprint density at radius 1 is 0.952 bits per heavy atom. The van der Waals surface area contributed by atoms with Crippen molar-refractivity contribution in [2.75, 3.05) is 20.8 Å². The van der Waals surface area contributed by atoms with E-state index in [1.165, 1.54) is 11.8 Å². The van der Waals surface area contributed by atoms with Crippen LogP contribution in [0.2, 0.25) is 0 Å². The number of aliphatic carboxylic acids is 1. The minimum absolute atomic E-state index is 0.0749. The van der Waals surface area contributed by atoms with Gasteiger partial charge in [0.2, 0.25) is 0 Å². The van der Waals surface area contributed by atoms with Crippen LogP contribution in [0, 0.1) is 0 Å². The number of aromatic nitrogens is 2. The molecule has 0 radical (unpaired) electrons. The summed E-state index contributed by atoms with van der Waals surface area (Å²) < 4.78 is 13.3. The molecule has 10 heteroatoms.